The highest BCUT2D eigenvalue weighted by Gasteiger charge is 2.40. The lowest BCUT2D eigenvalue weighted by Crippen LogP contribution is -2.44. The second-order valence-corrected chi connectivity index (χ2v) is 12.2. The Hall–Kier alpha value is -3.99. The molecule has 4 aromatic carbocycles. The Labute approximate surface area is 286 Å². The molecule has 2 atom stereocenters. The molecule has 238 valence electrons. The number of amides is 2. The number of nitrogens with one attached hydrogen (secondary N) is 4. The van der Waals surface area contributed by atoms with Crippen LogP contribution in [-0.2, 0) is 9.59 Å². The molecule has 4 aromatic rings. The maximum absolute atomic E-state index is 13.8. The molecule has 2 amide bonds. The average Bonchev–Trinajstić information content (AvgIpc) is 3.30. The van der Waals surface area contributed by atoms with Crippen molar-refractivity contribution in [2.24, 2.45) is 4.99 Å². The van der Waals surface area contributed by atoms with Gasteiger partial charge in [0.25, 0.3) is 11.8 Å². The van der Waals surface area contributed by atoms with Crippen LogP contribution in [0.3, 0.4) is 0 Å². The number of nitrogens with zero attached hydrogens (tertiary/aromatic N) is 2. The Balaban J connectivity index is 1.43. The molecule has 1 heterocycles. The highest BCUT2D eigenvalue weighted by atomic mass is 35.5. The molecule has 0 radical (unpaired) electrons. The van der Waals surface area contributed by atoms with Gasteiger partial charge in [0, 0.05) is 16.4 Å². The normalized spacial score (nSPS) is 15.9. The molecule has 1 saturated heterocycles. The van der Waals surface area contributed by atoms with Gasteiger partial charge in [0.05, 0.1) is 20.8 Å². The zero-order valence-corrected chi connectivity index (χ0v) is 28.0. The van der Waals surface area contributed by atoms with Crippen LogP contribution in [0.25, 0.3) is 0 Å². The number of aryl methyl sites for hydroxylation is 2. The van der Waals surface area contributed by atoms with Crippen LogP contribution in [-0.4, -0.2) is 29.8 Å². The summed E-state index contributed by atoms with van der Waals surface area (Å²) < 4.78 is 5.95. The van der Waals surface area contributed by atoms with E-state index >= 15 is 0 Å². The zero-order valence-electron chi connectivity index (χ0n) is 25.0. The third-order valence-electron chi connectivity index (χ3n) is 6.97. The summed E-state index contributed by atoms with van der Waals surface area (Å²) in [7, 11) is 0. The highest BCUT2D eigenvalue weighted by molar-refractivity contribution is 6.43. The van der Waals surface area contributed by atoms with Gasteiger partial charge in [0.1, 0.15) is 11.4 Å². The first-order chi connectivity index (χ1) is 22.0. The van der Waals surface area contributed by atoms with Crippen molar-refractivity contribution < 1.29 is 14.3 Å². The van der Waals surface area contributed by atoms with Gasteiger partial charge in [-0.1, -0.05) is 83.2 Å². The Morgan fingerprint density at radius 3 is 2.28 bits per heavy atom. The fourth-order valence-corrected chi connectivity index (χ4v) is 5.76. The molecule has 0 bridgehead atoms. The summed E-state index contributed by atoms with van der Waals surface area (Å²) in [6, 6.07) is 21.9. The molecule has 1 fully saturated rings. The number of hydrogen-bond acceptors (Lipinski definition) is 6. The van der Waals surface area contributed by atoms with Gasteiger partial charge in [0.15, 0.2) is 18.0 Å². The van der Waals surface area contributed by atoms with Crippen LogP contribution >= 0.6 is 46.4 Å². The Bertz CT molecular complexity index is 1780. The predicted molar refractivity (Wildman–Crippen MR) is 187 cm³/mol. The van der Waals surface area contributed by atoms with E-state index in [1.54, 1.807) is 24.3 Å². The van der Waals surface area contributed by atoms with Crippen LogP contribution in [0.1, 0.15) is 24.5 Å². The van der Waals surface area contributed by atoms with Crippen molar-refractivity contribution in [2.75, 3.05) is 15.8 Å². The van der Waals surface area contributed by atoms with E-state index in [2.05, 4.69) is 21.6 Å². The van der Waals surface area contributed by atoms with Crippen molar-refractivity contribution in [3.8, 4) is 5.75 Å². The molecule has 5 rings (SSSR count). The van der Waals surface area contributed by atoms with Crippen molar-refractivity contribution in [3.63, 3.8) is 0 Å². The van der Waals surface area contributed by atoms with Gasteiger partial charge in [0.2, 0.25) is 0 Å². The second kappa shape index (κ2) is 14.6. The van der Waals surface area contributed by atoms with E-state index in [0.29, 0.717) is 28.6 Å². The molecule has 0 aromatic heterocycles. The topological polar surface area (TPSA) is 107 Å². The average molecular weight is 700 g/mol. The van der Waals surface area contributed by atoms with Crippen LogP contribution in [0, 0.1) is 13.8 Å². The van der Waals surface area contributed by atoms with Crippen molar-refractivity contribution in [1.82, 2.24) is 10.9 Å². The molecular weight excluding hydrogens is 670 g/mol. The number of rotatable bonds is 10. The van der Waals surface area contributed by atoms with Gasteiger partial charge >= 0.3 is 0 Å². The first kappa shape index (κ1) is 33.4. The van der Waals surface area contributed by atoms with Crippen LogP contribution in [0.2, 0.25) is 20.1 Å². The number of amidine groups is 1. The minimum absolute atomic E-state index is 0.158. The number of halogens is 4. The van der Waals surface area contributed by atoms with Gasteiger partial charge in [-0.15, -0.1) is 0 Å². The van der Waals surface area contributed by atoms with Gasteiger partial charge in [-0.2, -0.15) is 0 Å². The summed E-state index contributed by atoms with van der Waals surface area (Å²) in [6.07, 6.45) is -0.285. The standard InChI is InChI=1S/C33H30Cl4N6O3/c1-4-28(46-23-7-5-6-19(3)14-23)32(44)38-22-12-13-24(35)27(17-22)39-31-29(41-40-21-10-8-18(2)9-11-21)33(45)43(42-31)30-25(36)15-20(34)16-26(30)37/h5-17,28-29,40-41H,4H2,1-3H3,(H,38,44)(H,39,42). The summed E-state index contributed by atoms with van der Waals surface area (Å²) in [4.78, 5) is 31.6. The van der Waals surface area contributed by atoms with Gasteiger partial charge in [-0.25, -0.2) is 15.4 Å². The van der Waals surface area contributed by atoms with E-state index < -0.39 is 18.1 Å². The number of hydrogen-bond donors (Lipinski definition) is 4. The molecule has 0 aliphatic carbocycles. The fraction of sp³-hybridized carbons (Fsp3) is 0.182. The largest absolute Gasteiger partial charge is 0.481 e. The molecule has 0 saturated carbocycles. The van der Waals surface area contributed by atoms with E-state index in [1.807, 2.05) is 63.2 Å². The molecule has 46 heavy (non-hydrogen) atoms. The molecule has 2 unspecified atom stereocenters. The van der Waals surface area contributed by atoms with Gasteiger partial charge in [-0.05, 0) is 80.4 Å². The number of benzene rings is 4. The number of carbonyl (C=O) groups excluding carboxylic acids is 2. The van der Waals surface area contributed by atoms with Gasteiger partial charge in [-0.3, -0.25) is 15.0 Å². The minimum atomic E-state index is -1.02. The summed E-state index contributed by atoms with van der Waals surface area (Å²) in [5, 5.41) is 5.00. The maximum atomic E-state index is 13.8. The molecule has 1 aliphatic rings. The lowest BCUT2D eigenvalue weighted by Gasteiger charge is -2.19. The third-order valence-corrected chi connectivity index (χ3v) is 8.08. The minimum Gasteiger partial charge on any atom is -0.481 e. The zero-order chi connectivity index (χ0) is 33.0. The Kier molecular flexibility index (Phi) is 10.6. The summed E-state index contributed by atoms with van der Waals surface area (Å²) in [5.74, 6) is -0.0000165. The van der Waals surface area contributed by atoms with Crippen LogP contribution < -0.4 is 31.3 Å². The van der Waals surface area contributed by atoms with Crippen molar-refractivity contribution in [3.05, 3.63) is 110 Å². The molecular formula is C33H30Cl4N6O3. The summed E-state index contributed by atoms with van der Waals surface area (Å²) in [5.41, 5.74) is 12.8. The molecule has 9 nitrogen and oxygen atoms in total. The molecule has 13 heteroatoms. The molecule has 1 aliphatic heterocycles. The predicted octanol–water partition coefficient (Wildman–Crippen LogP) is 8.28. The third kappa shape index (κ3) is 7.86. The van der Waals surface area contributed by atoms with Crippen LogP contribution in [0.4, 0.5) is 22.7 Å². The molecule has 4 N–H and O–H groups in total. The summed E-state index contributed by atoms with van der Waals surface area (Å²) in [6.45, 7) is 5.79. The second-order valence-electron chi connectivity index (χ2n) is 10.6. The Morgan fingerprint density at radius 2 is 1.61 bits per heavy atom. The highest BCUT2D eigenvalue weighted by Crippen LogP contribution is 2.38. The maximum Gasteiger partial charge on any atom is 0.272 e. The van der Waals surface area contributed by atoms with Crippen molar-refractivity contribution in [2.45, 2.75) is 39.3 Å². The van der Waals surface area contributed by atoms with E-state index in [0.717, 1.165) is 16.8 Å². The summed E-state index contributed by atoms with van der Waals surface area (Å²) >= 11 is 25.6. The van der Waals surface area contributed by atoms with E-state index in [4.69, 9.17) is 56.1 Å². The van der Waals surface area contributed by atoms with Gasteiger partial charge < -0.3 is 15.5 Å². The number of ether oxygens (including phenoxy) is 1. The number of anilines is 3. The van der Waals surface area contributed by atoms with Crippen LogP contribution in [0.15, 0.2) is 83.9 Å². The van der Waals surface area contributed by atoms with Crippen LogP contribution in [0.5, 0.6) is 5.75 Å². The first-order valence-electron chi connectivity index (χ1n) is 14.3. The number of carbonyl (C=O) groups is 2. The smallest absolute Gasteiger partial charge is 0.272 e. The monoisotopic (exact) mass is 698 g/mol. The fourth-order valence-electron chi connectivity index (χ4n) is 4.61. The van der Waals surface area contributed by atoms with Crippen molar-refractivity contribution in [1.29, 1.82) is 0 Å². The number of aliphatic imine (C=N–C) groups is 1. The van der Waals surface area contributed by atoms with E-state index in [9.17, 15) is 9.59 Å². The SMILES string of the molecule is CCC(Oc1cccc(C)c1)C(=O)Nc1ccc(Cl)c(N=C2NN(c3c(Cl)cc(Cl)cc3Cl)C(=O)C2NNc2ccc(C)cc2)c1. The van der Waals surface area contributed by atoms with Crippen molar-refractivity contribution >= 4 is 86.8 Å². The van der Waals surface area contributed by atoms with E-state index in [1.165, 1.54) is 17.1 Å². The lowest BCUT2D eigenvalue weighted by atomic mass is 10.2. The lowest BCUT2D eigenvalue weighted by molar-refractivity contribution is -0.123. The molecule has 0 spiro atoms. The van der Waals surface area contributed by atoms with E-state index in [-0.39, 0.29) is 32.5 Å². The quantitative estimate of drug-likeness (QED) is 0.124. The number of hydrazine groups is 2. The Morgan fingerprint density at radius 1 is 0.913 bits per heavy atom. The first-order valence-corrected chi connectivity index (χ1v) is 15.8.